The standard InChI is InChI=1S/C9H14O4/c1-2-6(10)7-4-3-5-8(13-7)9(11)12/h7-8H,2-5H2,1H3,(H,11,12). The number of Topliss-reactive ketones (excluding diaryl/α,β-unsaturated/α-hetero) is 1. The number of carbonyl (C=O) groups excluding carboxylic acids is 1. The fourth-order valence-corrected chi connectivity index (χ4v) is 1.47. The molecule has 0 aromatic carbocycles. The van der Waals surface area contributed by atoms with Gasteiger partial charge >= 0.3 is 5.97 Å². The number of aliphatic carboxylic acids is 1. The molecule has 0 radical (unpaired) electrons. The van der Waals surface area contributed by atoms with E-state index in [2.05, 4.69) is 0 Å². The van der Waals surface area contributed by atoms with Gasteiger partial charge in [0.1, 0.15) is 6.10 Å². The third-order valence-electron chi connectivity index (χ3n) is 2.24. The van der Waals surface area contributed by atoms with Gasteiger partial charge in [0.25, 0.3) is 0 Å². The molecule has 4 nitrogen and oxygen atoms in total. The van der Waals surface area contributed by atoms with Crippen molar-refractivity contribution in [1.29, 1.82) is 0 Å². The van der Waals surface area contributed by atoms with E-state index in [1.54, 1.807) is 6.92 Å². The molecular weight excluding hydrogens is 172 g/mol. The quantitative estimate of drug-likeness (QED) is 0.713. The van der Waals surface area contributed by atoms with E-state index in [-0.39, 0.29) is 5.78 Å². The summed E-state index contributed by atoms with van der Waals surface area (Å²) >= 11 is 0. The number of hydrogen-bond donors (Lipinski definition) is 1. The topological polar surface area (TPSA) is 63.6 Å². The third-order valence-corrected chi connectivity index (χ3v) is 2.24. The van der Waals surface area contributed by atoms with Crippen LogP contribution in [0.2, 0.25) is 0 Å². The highest BCUT2D eigenvalue weighted by atomic mass is 16.5. The van der Waals surface area contributed by atoms with Crippen LogP contribution < -0.4 is 0 Å². The molecule has 0 spiro atoms. The molecule has 0 bridgehead atoms. The molecule has 0 amide bonds. The van der Waals surface area contributed by atoms with Crippen molar-refractivity contribution in [3.8, 4) is 0 Å². The average molecular weight is 186 g/mol. The van der Waals surface area contributed by atoms with Gasteiger partial charge in [-0.25, -0.2) is 4.79 Å². The molecule has 1 aliphatic rings. The lowest BCUT2D eigenvalue weighted by Crippen LogP contribution is -2.37. The summed E-state index contributed by atoms with van der Waals surface area (Å²) in [5.41, 5.74) is 0. The normalized spacial score (nSPS) is 28.4. The van der Waals surface area contributed by atoms with Gasteiger partial charge in [0.05, 0.1) is 0 Å². The lowest BCUT2D eigenvalue weighted by molar-refractivity contribution is -0.162. The Morgan fingerprint density at radius 1 is 1.38 bits per heavy atom. The number of hydrogen-bond acceptors (Lipinski definition) is 3. The van der Waals surface area contributed by atoms with Crippen LogP contribution in [0.3, 0.4) is 0 Å². The molecule has 2 unspecified atom stereocenters. The number of carboxylic acids is 1. The maximum atomic E-state index is 11.2. The van der Waals surface area contributed by atoms with Gasteiger partial charge < -0.3 is 9.84 Å². The van der Waals surface area contributed by atoms with Crippen molar-refractivity contribution in [2.45, 2.75) is 44.8 Å². The number of ketones is 1. The van der Waals surface area contributed by atoms with Crippen molar-refractivity contribution < 1.29 is 19.4 Å². The van der Waals surface area contributed by atoms with Crippen LogP contribution >= 0.6 is 0 Å². The highest BCUT2D eigenvalue weighted by Gasteiger charge is 2.30. The maximum absolute atomic E-state index is 11.2. The van der Waals surface area contributed by atoms with Crippen molar-refractivity contribution in [1.82, 2.24) is 0 Å². The summed E-state index contributed by atoms with van der Waals surface area (Å²) in [6.45, 7) is 1.76. The van der Waals surface area contributed by atoms with Crippen LogP contribution in [0.4, 0.5) is 0 Å². The molecule has 74 valence electrons. The Bertz CT molecular complexity index is 212. The third kappa shape index (κ3) is 2.52. The Morgan fingerprint density at radius 2 is 2.00 bits per heavy atom. The van der Waals surface area contributed by atoms with Crippen molar-refractivity contribution in [2.24, 2.45) is 0 Å². The van der Waals surface area contributed by atoms with Gasteiger partial charge in [-0.3, -0.25) is 4.79 Å². The highest BCUT2D eigenvalue weighted by molar-refractivity contribution is 5.83. The molecule has 0 saturated carbocycles. The summed E-state index contributed by atoms with van der Waals surface area (Å²) < 4.78 is 5.15. The van der Waals surface area contributed by atoms with Gasteiger partial charge in [0, 0.05) is 6.42 Å². The minimum atomic E-state index is -0.964. The number of rotatable bonds is 3. The predicted octanol–water partition coefficient (Wildman–Crippen LogP) is 0.988. The Kier molecular flexibility index (Phi) is 3.42. The summed E-state index contributed by atoms with van der Waals surface area (Å²) in [5.74, 6) is -0.959. The summed E-state index contributed by atoms with van der Waals surface area (Å²) in [6.07, 6.45) is 1.08. The zero-order valence-electron chi connectivity index (χ0n) is 7.66. The van der Waals surface area contributed by atoms with E-state index in [0.717, 1.165) is 6.42 Å². The van der Waals surface area contributed by atoms with Crippen LogP contribution in [-0.4, -0.2) is 29.1 Å². The molecule has 4 heteroatoms. The fourth-order valence-electron chi connectivity index (χ4n) is 1.47. The van der Waals surface area contributed by atoms with E-state index >= 15 is 0 Å². The minimum Gasteiger partial charge on any atom is -0.479 e. The first-order valence-electron chi connectivity index (χ1n) is 4.56. The van der Waals surface area contributed by atoms with Crippen LogP contribution in [0, 0.1) is 0 Å². The number of carbonyl (C=O) groups is 2. The van der Waals surface area contributed by atoms with Gasteiger partial charge in [-0.1, -0.05) is 6.92 Å². The van der Waals surface area contributed by atoms with Crippen LogP contribution in [0.15, 0.2) is 0 Å². The minimum absolute atomic E-state index is 0.00551. The fraction of sp³-hybridized carbons (Fsp3) is 0.778. The zero-order chi connectivity index (χ0) is 9.84. The van der Waals surface area contributed by atoms with Crippen molar-refractivity contribution in [2.75, 3.05) is 0 Å². The van der Waals surface area contributed by atoms with E-state index in [0.29, 0.717) is 19.3 Å². The van der Waals surface area contributed by atoms with Crippen LogP contribution in [0.5, 0.6) is 0 Å². The molecule has 13 heavy (non-hydrogen) atoms. The smallest absolute Gasteiger partial charge is 0.332 e. The second-order valence-electron chi connectivity index (χ2n) is 3.20. The van der Waals surface area contributed by atoms with E-state index in [4.69, 9.17) is 9.84 Å². The summed E-state index contributed by atoms with van der Waals surface area (Å²) in [6, 6.07) is 0. The molecule has 1 heterocycles. The summed E-state index contributed by atoms with van der Waals surface area (Å²) in [4.78, 5) is 21.8. The Morgan fingerprint density at radius 3 is 2.54 bits per heavy atom. The maximum Gasteiger partial charge on any atom is 0.332 e. The predicted molar refractivity (Wildman–Crippen MR) is 45.4 cm³/mol. The van der Waals surface area contributed by atoms with Gasteiger partial charge in [-0.2, -0.15) is 0 Å². The molecule has 2 atom stereocenters. The Labute approximate surface area is 76.9 Å². The van der Waals surface area contributed by atoms with Crippen molar-refractivity contribution in [3.63, 3.8) is 0 Å². The molecule has 0 aromatic rings. The van der Waals surface area contributed by atoms with Gasteiger partial charge in [0.2, 0.25) is 0 Å². The summed E-state index contributed by atoms with van der Waals surface area (Å²) in [5, 5.41) is 8.67. The SMILES string of the molecule is CCC(=O)C1CCCC(C(=O)O)O1. The van der Waals surface area contributed by atoms with Crippen LogP contribution in [0.25, 0.3) is 0 Å². The van der Waals surface area contributed by atoms with Gasteiger partial charge in [-0.05, 0) is 19.3 Å². The van der Waals surface area contributed by atoms with Crippen LogP contribution in [-0.2, 0) is 14.3 Å². The second-order valence-corrected chi connectivity index (χ2v) is 3.20. The first kappa shape index (κ1) is 10.2. The molecule has 1 aliphatic heterocycles. The molecular formula is C9H14O4. The van der Waals surface area contributed by atoms with Gasteiger partial charge in [-0.15, -0.1) is 0 Å². The van der Waals surface area contributed by atoms with E-state index < -0.39 is 18.2 Å². The van der Waals surface area contributed by atoms with E-state index in [9.17, 15) is 9.59 Å². The molecule has 1 rings (SSSR count). The average Bonchev–Trinajstić information content (AvgIpc) is 2.17. The highest BCUT2D eigenvalue weighted by Crippen LogP contribution is 2.20. The lowest BCUT2D eigenvalue weighted by Gasteiger charge is -2.26. The molecule has 0 aromatic heterocycles. The number of ether oxygens (including phenoxy) is 1. The molecule has 1 N–H and O–H groups in total. The first-order chi connectivity index (χ1) is 6.15. The van der Waals surface area contributed by atoms with Crippen molar-refractivity contribution >= 4 is 11.8 Å². The van der Waals surface area contributed by atoms with Crippen LogP contribution in [0.1, 0.15) is 32.6 Å². The molecule has 1 saturated heterocycles. The zero-order valence-corrected chi connectivity index (χ0v) is 7.66. The van der Waals surface area contributed by atoms with E-state index in [1.165, 1.54) is 0 Å². The largest absolute Gasteiger partial charge is 0.479 e. The van der Waals surface area contributed by atoms with Gasteiger partial charge in [0.15, 0.2) is 11.9 Å². The summed E-state index contributed by atoms with van der Waals surface area (Å²) in [7, 11) is 0. The second kappa shape index (κ2) is 4.37. The molecule has 1 fully saturated rings. The number of carboxylic acid groups (broad SMARTS) is 1. The Hall–Kier alpha value is -0.900. The first-order valence-corrected chi connectivity index (χ1v) is 4.56. The molecule has 0 aliphatic carbocycles. The monoisotopic (exact) mass is 186 g/mol. The Balaban J connectivity index is 2.51. The lowest BCUT2D eigenvalue weighted by atomic mass is 10.0. The van der Waals surface area contributed by atoms with Crippen molar-refractivity contribution in [3.05, 3.63) is 0 Å². The van der Waals surface area contributed by atoms with E-state index in [1.807, 2.05) is 0 Å².